The lowest BCUT2D eigenvalue weighted by atomic mass is 10.2. The summed E-state index contributed by atoms with van der Waals surface area (Å²) in [5, 5.41) is 3.59. The van der Waals surface area contributed by atoms with E-state index in [2.05, 4.69) is 9.93 Å². The van der Waals surface area contributed by atoms with Gasteiger partial charge in [0.2, 0.25) is 0 Å². The maximum atomic E-state index is 12.1. The summed E-state index contributed by atoms with van der Waals surface area (Å²) in [7, 11) is -6.85. The highest BCUT2D eigenvalue weighted by atomic mass is 32.2. The van der Waals surface area contributed by atoms with Crippen LogP contribution >= 0.6 is 7.60 Å². The monoisotopic (exact) mass is 348 g/mol. The fourth-order valence-corrected chi connectivity index (χ4v) is 3.91. The molecular weight excluding hydrogens is 327 g/mol. The van der Waals surface area contributed by atoms with Crippen LogP contribution in [0.3, 0.4) is 0 Å². The molecule has 0 saturated heterocycles. The van der Waals surface area contributed by atoms with Gasteiger partial charge >= 0.3 is 7.60 Å². The smallest absolute Gasteiger partial charge is 0.309 e. The van der Waals surface area contributed by atoms with Gasteiger partial charge in [0.15, 0.2) is 0 Å². The van der Waals surface area contributed by atoms with Gasteiger partial charge < -0.3 is 9.05 Å². The predicted octanol–water partition coefficient (Wildman–Crippen LogP) is 2.36. The summed E-state index contributed by atoms with van der Waals surface area (Å²) in [6, 6.07) is 8.74. The Morgan fingerprint density at radius 2 is 1.77 bits per heavy atom. The fraction of sp³-hybridized carbons (Fsp3) is 0.462. The predicted molar refractivity (Wildman–Crippen MR) is 86.4 cm³/mol. The normalized spacial score (nSPS) is 12.6. The number of nitrogens with zero attached hydrogens (tertiary/aromatic N) is 1. The van der Waals surface area contributed by atoms with Crippen molar-refractivity contribution in [1.82, 2.24) is 4.83 Å². The first-order valence-electron chi connectivity index (χ1n) is 6.84. The highest BCUT2D eigenvalue weighted by molar-refractivity contribution is 7.88. The van der Waals surface area contributed by atoms with Gasteiger partial charge in [-0.15, -0.1) is 0 Å². The first-order valence-corrected chi connectivity index (χ1v) is 10.2. The van der Waals surface area contributed by atoms with Gasteiger partial charge in [0.25, 0.3) is 10.0 Å². The van der Waals surface area contributed by atoms with E-state index in [1.165, 1.54) is 6.21 Å². The molecule has 1 aromatic rings. The van der Waals surface area contributed by atoms with Gasteiger partial charge in [-0.05, 0) is 19.4 Å². The van der Waals surface area contributed by atoms with Crippen molar-refractivity contribution in [2.24, 2.45) is 5.10 Å². The minimum Gasteiger partial charge on any atom is -0.309 e. The third-order valence-corrected chi connectivity index (χ3v) is 5.45. The Hall–Kier alpha value is -1.21. The van der Waals surface area contributed by atoms with E-state index in [4.69, 9.17) is 9.05 Å². The van der Waals surface area contributed by atoms with Gasteiger partial charge in [-0.3, -0.25) is 4.57 Å². The standard InChI is InChI=1S/C13H21N2O5PS/c1-3-19-21(16,20-4-2)11-10-14-15-22(17,18)12-13-8-6-5-7-9-13/h5-10,15H,3-4,11-12H2,1-2H3. The molecule has 0 aromatic heterocycles. The van der Waals surface area contributed by atoms with E-state index >= 15 is 0 Å². The molecule has 1 rings (SSSR count). The molecule has 7 nitrogen and oxygen atoms in total. The zero-order valence-corrected chi connectivity index (χ0v) is 14.3. The Bertz CT molecular complexity index is 609. The number of benzene rings is 1. The van der Waals surface area contributed by atoms with Gasteiger partial charge in [0, 0.05) is 6.21 Å². The summed E-state index contributed by atoms with van der Waals surface area (Å²) >= 11 is 0. The molecule has 0 fully saturated rings. The number of rotatable bonds is 10. The Labute approximate surface area is 131 Å². The zero-order valence-electron chi connectivity index (χ0n) is 12.6. The lowest BCUT2D eigenvalue weighted by Gasteiger charge is -2.14. The van der Waals surface area contributed by atoms with E-state index in [1.807, 2.05) is 0 Å². The van der Waals surface area contributed by atoms with E-state index in [1.54, 1.807) is 44.2 Å². The Morgan fingerprint density at radius 3 is 2.32 bits per heavy atom. The molecule has 0 unspecified atom stereocenters. The lowest BCUT2D eigenvalue weighted by molar-refractivity contribution is 0.223. The minimum atomic E-state index is -3.60. The largest absolute Gasteiger partial charge is 0.336 e. The first-order chi connectivity index (χ1) is 10.4. The van der Waals surface area contributed by atoms with Crippen LogP contribution in [0.5, 0.6) is 0 Å². The van der Waals surface area contributed by atoms with Crippen molar-refractivity contribution >= 4 is 23.8 Å². The summed E-state index contributed by atoms with van der Waals surface area (Å²) in [5.74, 6) is -0.181. The Morgan fingerprint density at radius 1 is 1.18 bits per heavy atom. The van der Waals surface area contributed by atoms with Crippen LogP contribution in [0, 0.1) is 0 Å². The van der Waals surface area contributed by atoms with Crippen molar-refractivity contribution in [3.8, 4) is 0 Å². The van der Waals surface area contributed by atoms with Gasteiger partial charge in [0.05, 0.1) is 25.1 Å². The molecule has 0 aliphatic heterocycles. The summed E-state index contributed by atoms with van der Waals surface area (Å²) in [6.45, 7) is 3.88. The summed E-state index contributed by atoms with van der Waals surface area (Å²) in [5.41, 5.74) is 0.652. The summed E-state index contributed by atoms with van der Waals surface area (Å²) in [4.78, 5) is 2.07. The average molecular weight is 348 g/mol. The van der Waals surface area contributed by atoms with Crippen LogP contribution in [-0.2, 0) is 29.4 Å². The Kier molecular flexibility index (Phi) is 7.75. The second-order valence-corrected chi connectivity index (χ2v) is 8.08. The van der Waals surface area contributed by atoms with Crippen LogP contribution < -0.4 is 4.83 Å². The van der Waals surface area contributed by atoms with Gasteiger partial charge in [-0.1, -0.05) is 30.3 Å². The van der Waals surface area contributed by atoms with Crippen LogP contribution in [0.25, 0.3) is 0 Å². The van der Waals surface area contributed by atoms with E-state index in [0.29, 0.717) is 5.56 Å². The number of sulfonamides is 1. The molecule has 0 aliphatic rings. The SMILES string of the molecule is CCOP(=O)(CC=NNS(=O)(=O)Cc1ccccc1)OCC. The second kappa shape index (κ2) is 9.05. The van der Waals surface area contributed by atoms with Gasteiger partial charge in [0.1, 0.15) is 0 Å². The molecule has 1 N–H and O–H groups in total. The highest BCUT2D eigenvalue weighted by Crippen LogP contribution is 2.46. The number of hydrazone groups is 1. The number of hydrogen-bond acceptors (Lipinski definition) is 6. The van der Waals surface area contributed by atoms with Crippen LogP contribution in [0.4, 0.5) is 0 Å². The second-order valence-electron chi connectivity index (χ2n) is 4.28. The molecule has 0 radical (unpaired) electrons. The van der Waals surface area contributed by atoms with Crippen molar-refractivity contribution in [3.05, 3.63) is 35.9 Å². The molecule has 0 heterocycles. The molecule has 0 amide bonds. The first kappa shape index (κ1) is 18.8. The third-order valence-electron chi connectivity index (χ3n) is 2.44. The Balaban J connectivity index is 2.55. The van der Waals surface area contributed by atoms with Crippen molar-refractivity contribution in [2.45, 2.75) is 19.6 Å². The fourth-order valence-electron chi connectivity index (χ4n) is 1.62. The highest BCUT2D eigenvalue weighted by Gasteiger charge is 2.21. The van der Waals surface area contributed by atoms with Crippen molar-refractivity contribution < 1.29 is 22.0 Å². The molecule has 0 spiro atoms. The van der Waals surface area contributed by atoms with E-state index < -0.39 is 17.6 Å². The van der Waals surface area contributed by atoms with Crippen LogP contribution in [0.1, 0.15) is 19.4 Å². The van der Waals surface area contributed by atoms with Crippen LogP contribution in [0.15, 0.2) is 35.4 Å². The van der Waals surface area contributed by atoms with E-state index in [0.717, 1.165) is 0 Å². The average Bonchev–Trinajstić information content (AvgIpc) is 2.45. The molecule has 124 valence electrons. The molecule has 22 heavy (non-hydrogen) atoms. The number of nitrogens with one attached hydrogen (secondary N) is 1. The van der Waals surface area contributed by atoms with Crippen LogP contribution in [-0.4, -0.2) is 34.0 Å². The lowest BCUT2D eigenvalue weighted by Crippen LogP contribution is -2.20. The van der Waals surface area contributed by atoms with Gasteiger partial charge in [-0.25, -0.2) is 13.2 Å². The maximum absolute atomic E-state index is 12.1. The molecular formula is C13H21N2O5PS. The minimum absolute atomic E-state index is 0.0947. The van der Waals surface area contributed by atoms with E-state index in [9.17, 15) is 13.0 Å². The maximum Gasteiger partial charge on any atom is 0.336 e. The van der Waals surface area contributed by atoms with Crippen molar-refractivity contribution in [2.75, 3.05) is 19.4 Å². The zero-order chi connectivity index (χ0) is 16.5. The van der Waals surface area contributed by atoms with Crippen molar-refractivity contribution in [1.29, 1.82) is 0 Å². The molecule has 0 bridgehead atoms. The molecule has 9 heteroatoms. The number of hydrogen-bond donors (Lipinski definition) is 1. The summed E-state index contributed by atoms with van der Waals surface area (Å²) in [6.07, 6.45) is 1.09. The van der Waals surface area contributed by atoms with Crippen molar-refractivity contribution in [3.63, 3.8) is 0 Å². The van der Waals surface area contributed by atoms with Gasteiger partial charge in [-0.2, -0.15) is 5.10 Å². The molecule has 0 aliphatic carbocycles. The topological polar surface area (TPSA) is 94.1 Å². The quantitative estimate of drug-likeness (QED) is 0.398. The summed E-state index contributed by atoms with van der Waals surface area (Å²) < 4.78 is 45.9. The van der Waals surface area contributed by atoms with E-state index in [-0.39, 0.29) is 25.1 Å². The molecule has 0 saturated carbocycles. The third kappa shape index (κ3) is 7.17. The molecule has 1 aromatic carbocycles. The molecule has 0 atom stereocenters. The van der Waals surface area contributed by atoms with Crippen LogP contribution in [0.2, 0.25) is 0 Å².